The minimum absolute atomic E-state index is 0.245. The number of nitrogens with one attached hydrogen (secondary N) is 1. The van der Waals surface area contributed by atoms with Crippen LogP contribution in [0.1, 0.15) is 52.0 Å². The van der Waals surface area contributed by atoms with Gasteiger partial charge in [-0.15, -0.1) is 0 Å². The first-order valence-electron chi connectivity index (χ1n) is 8.05. The van der Waals surface area contributed by atoms with Crippen LogP contribution in [0.2, 0.25) is 5.02 Å². The van der Waals surface area contributed by atoms with Crippen LogP contribution < -0.4 is 5.32 Å². The van der Waals surface area contributed by atoms with Gasteiger partial charge >= 0.3 is 0 Å². The zero-order valence-corrected chi connectivity index (χ0v) is 14.8. The Morgan fingerprint density at radius 1 is 1.05 bits per heavy atom. The summed E-state index contributed by atoms with van der Waals surface area (Å²) in [6.07, 6.45) is 5.14. The maximum atomic E-state index is 6.19. The number of hydrogen-bond acceptors (Lipinski definition) is 2. The molecule has 1 aromatic carbocycles. The van der Waals surface area contributed by atoms with Crippen molar-refractivity contribution in [3.63, 3.8) is 0 Å². The number of hydrogen-bond donors (Lipinski definition) is 1. The van der Waals surface area contributed by atoms with Crippen LogP contribution in [0.5, 0.6) is 0 Å². The third-order valence-electron chi connectivity index (χ3n) is 3.52. The predicted molar refractivity (Wildman–Crippen MR) is 94.0 cm³/mol. The molecular formula is C18H31ClN2. The largest absolute Gasteiger partial charge is 0.312 e. The fraction of sp³-hybridized carbons (Fsp3) is 0.667. The van der Waals surface area contributed by atoms with Crippen molar-refractivity contribution in [1.82, 2.24) is 10.2 Å². The molecule has 1 rings (SSSR count). The van der Waals surface area contributed by atoms with Crippen molar-refractivity contribution in [2.45, 2.75) is 58.5 Å². The van der Waals surface area contributed by atoms with Gasteiger partial charge in [-0.25, -0.2) is 0 Å². The van der Waals surface area contributed by atoms with Crippen molar-refractivity contribution < 1.29 is 0 Å². The van der Waals surface area contributed by atoms with Gasteiger partial charge in [0.25, 0.3) is 0 Å². The molecule has 0 unspecified atom stereocenters. The third-order valence-corrected chi connectivity index (χ3v) is 3.89. The summed E-state index contributed by atoms with van der Waals surface area (Å²) in [7, 11) is 2.17. The highest BCUT2D eigenvalue weighted by Crippen LogP contribution is 2.16. The molecule has 0 saturated heterocycles. The number of halogens is 1. The molecule has 0 fully saturated rings. The molecular weight excluding hydrogens is 280 g/mol. The van der Waals surface area contributed by atoms with Gasteiger partial charge < -0.3 is 10.2 Å². The number of nitrogens with zero attached hydrogens (tertiary/aromatic N) is 1. The van der Waals surface area contributed by atoms with E-state index < -0.39 is 0 Å². The predicted octanol–water partition coefficient (Wildman–Crippen LogP) is 4.72. The van der Waals surface area contributed by atoms with E-state index in [2.05, 4.69) is 50.2 Å². The second kappa shape index (κ2) is 9.45. The Morgan fingerprint density at radius 2 is 1.71 bits per heavy atom. The van der Waals surface area contributed by atoms with E-state index in [9.17, 15) is 0 Å². The molecule has 0 saturated carbocycles. The van der Waals surface area contributed by atoms with Crippen molar-refractivity contribution in [2.75, 3.05) is 20.1 Å². The van der Waals surface area contributed by atoms with Crippen molar-refractivity contribution in [2.24, 2.45) is 0 Å². The van der Waals surface area contributed by atoms with Crippen LogP contribution in [0, 0.1) is 0 Å². The Bertz CT molecular complexity index is 398. The summed E-state index contributed by atoms with van der Waals surface area (Å²) in [5, 5.41) is 4.41. The zero-order valence-electron chi connectivity index (χ0n) is 14.1. The Kier molecular flexibility index (Phi) is 8.31. The van der Waals surface area contributed by atoms with Gasteiger partial charge in [-0.1, -0.05) is 42.6 Å². The maximum Gasteiger partial charge on any atom is 0.0451 e. The van der Waals surface area contributed by atoms with Crippen LogP contribution in [0.4, 0.5) is 0 Å². The molecule has 0 atom stereocenters. The normalized spacial score (nSPS) is 12.1. The van der Waals surface area contributed by atoms with Gasteiger partial charge in [0.05, 0.1) is 0 Å². The van der Waals surface area contributed by atoms with E-state index in [0.717, 1.165) is 24.7 Å². The van der Waals surface area contributed by atoms with E-state index in [1.807, 2.05) is 12.1 Å². The lowest BCUT2D eigenvalue weighted by molar-refractivity contribution is 0.316. The summed E-state index contributed by atoms with van der Waals surface area (Å²) in [6.45, 7) is 9.85. The van der Waals surface area contributed by atoms with Crippen LogP contribution in [0.15, 0.2) is 24.3 Å². The Balaban J connectivity index is 2.06. The molecule has 1 aromatic rings. The molecule has 0 amide bonds. The van der Waals surface area contributed by atoms with Crippen molar-refractivity contribution in [1.29, 1.82) is 0 Å². The number of unbranched alkanes of at least 4 members (excludes halogenated alkanes) is 3. The first kappa shape index (κ1) is 18.5. The second-order valence-electron chi connectivity index (χ2n) is 6.92. The van der Waals surface area contributed by atoms with Crippen molar-refractivity contribution >= 4 is 11.6 Å². The lowest BCUT2D eigenvalue weighted by Crippen LogP contribution is -2.36. The summed E-state index contributed by atoms with van der Waals surface area (Å²) >= 11 is 6.19. The average molecular weight is 311 g/mol. The molecule has 0 heterocycles. The Morgan fingerprint density at radius 3 is 2.38 bits per heavy atom. The monoisotopic (exact) mass is 310 g/mol. The highest BCUT2D eigenvalue weighted by Gasteiger charge is 2.07. The second-order valence-corrected chi connectivity index (χ2v) is 7.33. The molecule has 0 aliphatic rings. The zero-order chi connectivity index (χ0) is 15.7. The fourth-order valence-electron chi connectivity index (χ4n) is 2.32. The third kappa shape index (κ3) is 9.13. The molecule has 2 nitrogen and oxygen atoms in total. The number of benzene rings is 1. The summed E-state index contributed by atoms with van der Waals surface area (Å²) in [6, 6.07) is 8.11. The van der Waals surface area contributed by atoms with Gasteiger partial charge in [0.2, 0.25) is 0 Å². The molecule has 0 aliphatic carbocycles. The highest BCUT2D eigenvalue weighted by atomic mass is 35.5. The van der Waals surface area contributed by atoms with Crippen LogP contribution >= 0.6 is 11.6 Å². The van der Waals surface area contributed by atoms with Gasteiger partial charge in [-0.2, -0.15) is 0 Å². The standard InChI is InChI=1S/C18H31ClN2/c1-18(2,3)20-13-9-5-6-10-14-21(4)15-16-11-7-8-12-17(16)19/h7-8,11-12,20H,5-6,9-10,13-15H2,1-4H3. The maximum absolute atomic E-state index is 6.19. The van der Waals surface area contributed by atoms with Crippen LogP contribution in [0.25, 0.3) is 0 Å². The summed E-state index contributed by atoms with van der Waals surface area (Å²) in [5.74, 6) is 0. The quantitative estimate of drug-likeness (QED) is 0.664. The Labute approximate surface area is 135 Å². The lowest BCUT2D eigenvalue weighted by Gasteiger charge is -2.20. The van der Waals surface area contributed by atoms with E-state index >= 15 is 0 Å². The van der Waals surface area contributed by atoms with Gasteiger partial charge in [0, 0.05) is 17.1 Å². The minimum atomic E-state index is 0.245. The summed E-state index contributed by atoms with van der Waals surface area (Å²) < 4.78 is 0. The molecule has 0 spiro atoms. The van der Waals surface area contributed by atoms with E-state index in [1.165, 1.54) is 31.2 Å². The lowest BCUT2D eigenvalue weighted by atomic mass is 10.1. The van der Waals surface area contributed by atoms with E-state index in [1.54, 1.807) is 0 Å². The van der Waals surface area contributed by atoms with Crippen molar-refractivity contribution in [3.05, 3.63) is 34.9 Å². The molecule has 0 aliphatic heterocycles. The molecule has 0 bridgehead atoms. The average Bonchev–Trinajstić information content (AvgIpc) is 2.39. The molecule has 1 N–H and O–H groups in total. The molecule has 21 heavy (non-hydrogen) atoms. The SMILES string of the molecule is CN(CCCCCCNC(C)(C)C)Cc1ccccc1Cl. The minimum Gasteiger partial charge on any atom is -0.312 e. The first-order chi connectivity index (χ1) is 9.88. The first-order valence-corrected chi connectivity index (χ1v) is 8.43. The van der Waals surface area contributed by atoms with Crippen LogP contribution in [0.3, 0.4) is 0 Å². The van der Waals surface area contributed by atoms with Gasteiger partial charge in [-0.3, -0.25) is 0 Å². The highest BCUT2D eigenvalue weighted by molar-refractivity contribution is 6.31. The topological polar surface area (TPSA) is 15.3 Å². The molecule has 120 valence electrons. The number of rotatable bonds is 9. The Hall–Kier alpha value is -0.570. The molecule has 0 aromatic heterocycles. The van der Waals surface area contributed by atoms with E-state index in [-0.39, 0.29) is 5.54 Å². The summed E-state index contributed by atoms with van der Waals surface area (Å²) in [5.41, 5.74) is 1.46. The van der Waals surface area contributed by atoms with Crippen molar-refractivity contribution in [3.8, 4) is 0 Å². The van der Waals surface area contributed by atoms with Crippen LogP contribution in [-0.4, -0.2) is 30.6 Å². The van der Waals surface area contributed by atoms with Crippen LogP contribution in [-0.2, 0) is 6.54 Å². The smallest absolute Gasteiger partial charge is 0.0451 e. The fourth-order valence-corrected chi connectivity index (χ4v) is 2.52. The van der Waals surface area contributed by atoms with Gasteiger partial charge in [0.1, 0.15) is 0 Å². The van der Waals surface area contributed by atoms with Gasteiger partial charge in [0.15, 0.2) is 0 Å². The molecule has 0 radical (unpaired) electrons. The van der Waals surface area contributed by atoms with E-state index in [0.29, 0.717) is 0 Å². The van der Waals surface area contributed by atoms with E-state index in [4.69, 9.17) is 11.6 Å². The summed E-state index contributed by atoms with van der Waals surface area (Å²) in [4.78, 5) is 2.36. The van der Waals surface area contributed by atoms with Gasteiger partial charge in [-0.05, 0) is 65.4 Å². The molecule has 3 heteroatoms.